The van der Waals surface area contributed by atoms with E-state index in [0.29, 0.717) is 56.1 Å². The zero-order valence-corrected chi connectivity index (χ0v) is 64.9. The van der Waals surface area contributed by atoms with Crippen molar-refractivity contribution in [3.63, 3.8) is 0 Å². The number of benzene rings is 19. The summed E-state index contributed by atoms with van der Waals surface area (Å²) >= 11 is 0. The monoisotopic (exact) mass is 1540 g/mol. The van der Waals surface area contributed by atoms with E-state index in [2.05, 4.69) is 223 Å². The third kappa shape index (κ3) is 10.4. The number of furan rings is 1. The molecule has 2 aliphatic heterocycles. The molecule has 0 saturated heterocycles. The van der Waals surface area contributed by atoms with Gasteiger partial charge < -0.3 is 23.4 Å². The van der Waals surface area contributed by atoms with Gasteiger partial charge in [-0.2, -0.15) is 5.26 Å². The van der Waals surface area contributed by atoms with E-state index >= 15 is 0 Å². The number of fused-ring (bicyclic) bond motifs is 19. The van der Waals surface area contributed by atoms with Crippen LogP contribution in [0.1, 0.15) is 51.1 Å². The quantitative estimate of drug-likeness (QED) is 0.0821. The average Bonchev–Trinajstić information content (AvgIpc) is 0.834. The topological polar surface area (TPSA) is 57.6 Å². The molecular formula is C112H71BN6O. The van der Waals surface area contributed by atoms with Crippen molar-refractivity contribution in [2.45, 2.75) is 26.2 Å². The highest BCUT2D eigenvalue weighted by atomic mass is 16.3. The SMILES string of the molecule is [2H]c1c([2H])c([2H])c2c(c1[2H])c1c([2H])c(C#N)c([2H])c([2H])c1n2-c1ccc2c(c1)N(c1c(-c3ccccc3)cc(C(C)(C)C)cc1-c1cc3ccccc3c3ccccc13)c1cc(-c3ccc4oc5ccccc5c4c3)cc3c1B2c1ccc(-n2c4c([2H])c([2H])c([2H])c([2H])c4c4c([2H])c([N+]#[C-])c([2H])c([2H])c42)cc1N3c1c(-c2ccccc2)cccc1-c1cc2ccccc2c2ccccc12. The first-order valence-corrected chi connectivity index (χ1v) is 40.0. The maximum Gasteiger partial charge on any atom is 0.252 e. The summed E-state index contributed by atoms with van der Waals surface area (Å²) in [7, 11) is 0. The molecule has 0 radical (unpaired) electrons. The molecule has 120 heavy (non-hydrogen) atoms. The van der Waals surface area contributed by atoms with Crippen LogP contribution in [0.2, 0.25) is 0 Å². The molecule has 3 aromatic heterocycles. The fourth-order valence-corrected chi connectivity index (χ4v) is 19.2. The zero-order chi connectivity index (χ0) is 91.9. The second-order valence-electron chi connectivity index (χ2n) is 32.1. The Kier molecular flexibility index (Phi) is 12.3. The van der Waals surface area contributed by atoms with Crippen molar-refractivity contribution in [1.82, 2.24) is 9.13 Å². The summed E-state index contributed by atoms with van der Waals surface area (Å²) in [6.45, 7) is 14.2. The van der Waals surface area contributed by atoms with Crippen molar-refractivity contribution in [3.8, 4) is 73.1 Å². The molecule has 8 heteroatoms. The van der Waals surface area contributed by atoms with E-state index in [1.807, 2.05) is 109 Å². The van der Waals surface area contributed by atoms with E-state index in [0.717, 1.165) is 121 Å². The lowest BCUT2D eigenvalue weighted by atomic mass is 9.33. The molecule has 0 unspecified atom stereocenters. The lowest BCUT2D eigenvalue weighted by Crippen LogP contribution is -2.61. The van der Waals surface area contributed by atoms with Crippen LogP contribution in [0.5, 0.6) is 0 Å². The number of hydrogen-bond acceptors (Lipinski definition) is 4. The van der Waals surface area contributed by atoms with Crippen LogP contribution in [0.3, 0.4) is 0 Å². The summed E-state index contributed by atoms with van der Waals surface area (Å²) in [5.41, 5.74) is 15.3. The van der Waals surface area contributed by atoms with Gasteiger partial charge in [0.25, 0.3) is 6.71 Å². The standard InChI is InChI=1S/C112H71BN6O/c1-112(2,3)75-62-90(70-28-9-6-10-29-70)111(96(63-75)92-59-73-31-12-14-33-80(73)83-35-16-18-37-85(83)92)119-104-66-77(116-99-43-22-19-38-86(99)93-56-68(67-114)46-53-101(93)116)49-52-98(104)113-97-51-50-78(117-100-44-23-20-39-87(100)94-64-76(115-4)48-54-102(94)117)65-103(97)118(105-60-74(61-106(119)109(105)113)71-47-55-108-95(57-71)88-40-21-24-45-107(88)120-108)110-81(69-26-7-5-8-27-69)41-25-42-89(110)91-58-72-30-11-13-32-79(72)82-34-15-17-36-84(82)91/h5-66H,1-3H3/i19D,20D,22D,23D,38D,39D,43D,44D,46D,48D,53D,54D,56D,64D. The van der Waals surface area contributed by atoms with Crippen LogP contribution in [0, 0.1) is 17.9 Å². The highest BCUT2D eigenvalue weighted by Crippen LogP contribution is 2.57. The minimum Gasteiger partial charge on any atom is -0.456 e. The van der Waals surface area contributed by atoms with Gasteiger partial charge in [0.1, 0.15) is 11.2 Å². The van der Waals surface area contributed by atoms with Gasteiger partial charge in [-0.05, 0) is 230 Å². The Labute approximate surface area is 713 Å². The Hall–Kier alpha value is -15.7. The minimum atomic E-state index is -0.883. The normalized spacial score (nSPS) is 14.2. The third-order valence-corrected chi connectivity index (χ3v) is 24.5. The second-order valence-corrected chi connectivity index (χ2v) is 32.1. The largest absolute Gasteiger partial charge is 0.456 e. The van der Waals surface area contributed by atoms with Crippen molar-refractivity contribution in [1.29, 1.82) is 5.26 Å². The predicted molar refractivity (Wildman–Crippen MR) is 503 cm³/mol. The Bertz CT molecular complexity index is 9190. The molecule has 5 heterocycles. The highest BCUT2D eigenvalue weighted by molar-refractivity contribution is 7.00. The summed E-state index contributed by atoms with van der Waals surface area (Å²) < 4.78 is 147. The van der Waals surface area contributed by atoms with Gasteiger partial charge in [0, 0.05) is 86.1 Å². The van der Waals surface area contributed by atoms with E-state index in [-0.39, 0.29) is 55.0 Å². The van der Waals surface area contributed by atoms with Gasteiger partial charge in [-0.25, -0.2) is 4.85 Å². The summed E-state index contributed by atoms with van der Waals surface area (Å²) in [4.78, 5) is 8.33. The van der Waals surface area contributed by atoms with Gasteiger partial charge >= 0.3 is 0 Å². The Morgan fingerprint density at radius 1 is 0.358 bits per heavy atom. The summed E-state index contributed by atoms with van der Waals surface area (Å²) in [6.07, 6.45) is 0. The molecule has 558 valence electrons. The first-order chi connectivity index (χ1) is 64.9. The highest BCUT2D eigenvalue weighted by Gasteiger charge is 2.46. The lowest BCUT2D eigenvalue weighted by molar-refractivity contribution is 0.591. The Morgan fingerprint density at radius 3 is 1.45 bits per heavy atom. The average molecular weight is 1540 g/mol. The summed E-state index contributed by atoms with van der Waals surface area (Å²) in [5, 5.41) is 20.1. The van der Waals surface area contributed by atoms with E-state index < -0.39 is 108 Å². The molecule has 0 amide bonds. The maximum atomic E-state index is 10.9. The minimum absolute atomic E-state index is 0.0884. The molecule has 22 aromatic rings. The molecule has 24 rings (SSSR count). The predicted octanol–water partition coefficient (Wildman–Crippen LogP) is 28.5. The molecule has 0 N–H and O–H groups in total. The molecule has 0 fully saturated rings. The van der Waals surface area contributed by atoms with Crippen LogP contribution in [0.15, 0.2) is 380 Å². The van der Waals surface area contributed by atoms with Gasteiger partial charge in [-0.1, -0.05) is 275 Å². The molecule has 0 atom stereocenters. The van der Waals surface area contributed by atoms with Crippen molar-refractivity contribution >= 4 is 172 Å². The fourth-order valence-electron chi connectivity index (χ4n) is 19.2. The first-order valence-electron chi connectivity index (χ1n) is 47.0. The Balaban J connectivity index is 0.938. The smallest absolute Gasteiger partial charge is 0.252 e. The zero-order valence-electron chi connectivity index (χ0n) is 78.9. The van der Waals surface area contributed by atoms with Crippen molar-refractivity contribution in [2.75, 3.05) is 9.80 Å². The number of rotatable bonds is 9. The second kappa shape index (κ2) is 26.4. The van der Waals surface area contributed by atoms with Crippen LogP contribution >= 0.6 is 0 Å². The van der Waals surface area contributed by atoms with Gasteiger partial charge in [0.05, 0.1) is 68.1 Å². The Morgan fingerprint density at radius 2 is 0.850 bits per heavy atom. The van der Waals surface area contributed by atoms with Gasteiger partial charge in [-0.15, -0.1) is 0 Å². The van der Waals surface area contributed by atoms with E-state index in [4.69, 9.17) is 11.0 Å². The molecule has 0 bridgehead atoms. The van der Waals surface area contributed by atoms with Crippen LogP contribution in [-0.2, 0) is 5.41 Å². The van der Waals surface area contributed by atoms with E-state index in [9.17, 15) is 24.5 Å². The molecule has 0 spiro atoms. The maximum absolute atomic E-state index is 10.9. The summed E-state index contributed by atoms with van der Waals surface area (Å²) in [5.74, 6) is 0. The molecule has 19 aromatic carbocycles. The van der Waals surface area contributed by atoms with Gasteiger partial charge in [0.15, 0.2) is 5.69 Å². The van der Waals surface area contributed by atoms with Gasteiger partial charge in [0.2, 0.25) is 0 Å². The van der Waals surface area contributed by atoms with Crippen LogP contribution in [0.4, 0.5) is 39.8 Å². The van der Waals surface area contributed by atoms with Gasteiger partial charge in [-0.3, -0.25) is 0 Å². The molecule has 0 saturated carbocycles. The van der Waals surface area contributed by atoms with Crippen molar-refractivity contribution in [3.05, 3.63) is 398 Å². The number of anilines is 6. The van der Waals surface area contributed by atoms with Crippen molar-refractivity contribution < 1.29 is 23.6 Å². The molecule has 0 aliphatic carbocycles. The number of hydrogen-bond donors (Lipinski definition) is 0. The van der Waals surface area contributed by atoms with E-state index in [1.54, 1.807) is 9.13 Å². The third-order valence-electron chi connectivity index (χ3n) is 24.5. The number of nitriles is 1. The van der Waals surface area contributed by atoms with Crippen LogP contribution in [-0.4, -0.2) is 15.8 Å². The van der Waals surface area contributed by atoms with Crippen LogP contribution < -0.4 is 26.2 Å². The molecular weight excluding hydrogens is 1460 g/mol. The first kappa shape index (κ1) is 55.7. The number of para-hydroxylation sites is 4. The van der Waals surface area contributed by atoms with Crippen molar-refractivity contribution in [2.24, 2.45) is 0 Å². The number of aromatic nitrogens is 2. The summed E-state index contributed by atoms with van der Waals surface area (Å²) in [6, 6.07) is 94.8. The van der Waals surface area contributed by atoms with Crippen LogP contribution in [0.25, 0.3) is 180 Å². The molecule has 7 nitrogen and oxygen atoms in total. The lowest BCUT2D eigenvalue weighted by Gasteiger charge is -2.46. The fraction of sp³-hybridized carbons (Fsp3) is 0.0357. The molecule has 2 aliphatic rings. The van der Waals surface area contributed by atoms with E-state index in [1.165, 1.54) is 0 Å². The number of nitrogens with zero attached hydrogens (tertiary/aromatic N) is 6.